The van der Waals surface area contributed by atoms with Crippen LogP contribution in [0.5, 0.6) is 0 Å². The van der Waals surface area contributed by atoms with E-state index in [2.05, 4.69) is 27.6 Å². The lowest BCUT2D eigenvalue weighted by atomic mass is 9.84. The van der Waals surface area contributed by atoms with Crippen LogP contribution in [0.1, 0.15) is 36.0 Å². The number of carboxylic acid groups (broad SMARTS) is 1. The van der Waals surface area contributed by atoms with E-state index in [0.717, 1.165) is 30.4 Å². The molecule has 0 aliphatic carbocycles. The van der Waals surface area contributed by atoms with Gasteiger partial charge in [0.25, 0.3) is 5.91 Å². The number of nitrogens with zero attached hydrogens (tertiary/aromatic N) is 3. The largest absolute Gasteiger partial charge is 0.548 e. The number of nitrogens with one attached hydrogen (secondary N) is 2. The highest BCUT2D eigenvalue weighted by molar-refractivity contribution is 5.97. The number of aliphatic carboxylic acids is 1. The second-order valence-electron chi connectivity index (χ2n) is 7.36. The van der Waals surface area contributed by atoms with Crippen molar-refractivity contribution in [1.82, 2.24) is 20.6 Å². The van der Waals surface area contributed by atoms with Crippen molar-refractivity contribution in [1.29, 1.82) is 0 Å². The third-order valence-corrected chi connectivity index (χ3v) is 5.86. The fourth-order valence-electron chi connectivity index (χ4n) is 4.01. The van der Waals surface area contributed by atoms with Crippen LogP contribution in [0.4, 0.5) is 0 Å². The van der Waals surface area contributed by atoms with Gasteiger partial charge in [-0.05, 0) is 0 Å². The van der Waals surface area contributed by atoms with Crippen molar-refractivity contribution in [2.45, 2.75) is 37.3 Å². The van der Waals surface area contributed by atoms with Crippen LogP contribution in [-0.4, -0.2) is 71.1 Å². The minimum absolute atomic E-state index is 0.254. The minimum Gasteiger partial charge on any atom is -0.548 e. The fourth-order valence-corrected chi connectivity index (χ4v) is 4.01. The molecule has 0 radical (unpaired) electrons. The second-order valence-corrected chi connectivity index (χ2v) is 7.36. The van der Waals surface area contributed by atoms with E-state index < -0.39 is 17.4 Å². The van der Waals surface area contributed by atoms with Crippen molar-refractivity contribution in [3.05, 3.63) is 24.3 Å². The highest BCUT2D eigenvalue weighted by Gasteiger charge is 2.46. The van der Waals surface area contributed by atoms with E-state index in [1.165, 1.54) is 18.7 Å². The fraction of sp³-hybridized carbons (Fsp3) is 0.647. The van der Waals surface area contributed by atoms with Crippen LogP contribution in [0.25, 0.3) is 0 Å². The average molecular weight is 347 g/mol. The molecule has 2 aliphatic rings. The highest BCUT2D eigenvalue weighted by Crippen LogP contribution is 2.31. The average Bonchev–Trinajstić information content (AvgIpc) is 2.65. The van der Waals surface area contributed by atoms with Crippen molar-refractivity contribution in [2.75, 3.05) is 33.2 Å². The Hall–Kier alpha value is -2.06. The molecule has 3 rings (SSSR count). The van der Waals surface area contributed by atoms with Gasteiger partial charge in [0.15, 0.2) is 0 Å². The monoisotopic (exact) mass is 347 g/mol. The number of carbonyl (C=O) groups excluding carboxylic acids is 2. The van der Waals surface area contributed by atoms with Crippen LogP contribution in [-0.2, 0) is 4.79 Å². The molecular formula is C17H25N5O3. The Balaban J connectivity index is 1.70. The van der Waals surface area contributed by atoms with Crippen LogP contribution >= 0.6 is 0 Å². The van der Waals surface area contributed by atoms with Gasteiger partial charge in [0, 0.05) is 51.2 Å². The molecule has 2 fully saturated rings. The summed E-state index contributed by atoms with van der Waals surface area (Å²) >= 11 is 0. The lowest BCUT2D eigenvalue weighted by Gasteiger charge is -2.51. The van der Waals surface area contributed by atoms with Gasteiger partial charge in [0.05, 0.1) is 43.3 Å². The topological polar surface area (TPSA) is 107 Å². The Morgan fingerprint density at radius 3 is 2.40 bits per heavy atom. The van der Waals surface area contributed by atoms with E-state index in [1.54, 1.807) is 0 Å². The summed E-state index contributed by atoms with van der Waals surface area (Å²) in [4.78, 5) is 31.9. The molecule has 0 aromatic carbocycles. The predicted molar refractivity (Wildman–Crippen MR) is 88.3 cm³/mol. The third-order valence-electron chi connectivity index (χ3n) is 5.86. The van der Waals surface area contributed by atoms with Crippen LogP contribution in [0.2, 0.25) is 0 Å². The first-order valence-corrected chi connectivity index (χ1v) is 8.79. The molecular weight excluding hydrogens is 322 g/mol. The van der Waals surface area contributed by atoms with Gasteiger partial charge in [-0.3, -0.25) is 4.79 Å². The van der Waals surface area contributed by atoms with Gasteiger partial charge in [-0.15, -0.1) is 0 Å². The van der Waals surface area contributed by atoms with Gasteiger partial charge in [-0.2, -0.15) is 0 Å². The molecule has 8 nitrogen and oxygen atoms in total. The zero-order valence-corrected chi connectivity index (χ0v) is 14.5. The maximum atomic E-state index is 12.4. The van der Waals surface area contributed by atoms with E-state index in [4.69, 9.17) is 0 Å². The molecule has 1 aromatic heterocycles. The van der Waals surface area contributed by atoms with Gasteiger partial charge < -0.3 is 25.0 Å². The number of piperidine rings is 2. The van der Waals surface area contributed by atoms with Crippen molar-refractivity contribution >= 4 is 11.9 Å². The maximum Gasteiger partial charge on any atom is 0.255 e. The summed E-state index contributed by atoms with van der Waals surface area (Å²) in [7, 11) is 2.20. The number of amides is 1. The molecule has 8 heteroatoms. The number of hydrogen-bond donors (Lipinski definition) is 2. The lowest BCUT2D eigenvalue weighted by molar-refractivity contribution is -0.939. The van der Waals surface area contributed by atoms with Crippen molar-refractivity contribution in [2.24, 2.45) is 0 Å². The van der Waals surface area contributed by atoms with E-state index in [0.29, 0.717) is 32.0 Å². The molecule has 0 bridgehead atoms. The highest BCUT2D eigenvalue weighted by atomic mass is 16.4. The number of quaternary nitrogens is 1. The standard InChI is InChI=1S/C17H25N5O3/c1-22(14-2-6-18-7-3-14)8-4-17(5-9-22,16(24)25)21-15(23)13-10-19-12-20-11-13/h10-12,14,18H,2-9H2,1H3,(H-,21,23,24,25). The van der Waals surface area contributed by atoms with Crippen LogP contribution in [0.15, 0.2) is 18.7 Å². The maximum absolute atomic E-state index is 12.4. The molecule has 1 amide bonds. The molecule has 2 saturated heterocycles. The summed E-state index contributed by atoms with van der Waals surface area (Å²) in [5, 5.41) is 17.9. The first-order chi connectivity index (χ1) is 12.0. The second kappa shape index (κ2) is 7.05. The SMILES string of the molecule is C[N+]1(C2CCNCC2)CCC(NC(=O)c2cncnc2)(C(=O)[O-])CC1. The summed E-state index contributed by atoms with van der Waals surface area (Å²) in [5.41, 5.74) is -1.07. The van der Waals surface area contributed by atoms with E-state index in [9.17, 15) is 14.7 Å². The molecule has 2 aliphatic heterocycles. The Morgan fingerprint density at radius 2 is 1.84 bits per heavy atom. The Morgan fingerprint density at radius 1 is 1.24 bits per heavy atom. The van der Waals surface area contributed by atoms with Crippen LogP contribution < -0.4 is 15.7 Å². The number of aromatic nitrogens is 2. The molecule has 0 saturated carbocycles. The van der Waals surface area contributed by atoms with Crippen molar-refractivity contribution in [3.8, 4) is 0 Å². The summed E-state index contributed by atoms with van der Waals surface area (Å²) in [5.74, 6) is -1.68. The Bertz CT molecular complexity index is 622. The number of carboxylic acids is 1. The quantitative estimate of drug-likeness (QED) is 0.655. The predicted octanol–water partition coefficient (Wildman–Crippen LogP) is -1.31. The van der Waals surface area contributed by atoms with Gasteiger partial charge >= 0.3 is 0 Å². The molecule has 3 heterocycles. The van der Waals surface area contributed by atoms with Gasteiger partial charge in [-0.1, -0.05) is 0 Å². The Kier molecular flexibility index (Phi) is 5.01. The molecule has 0 spiro atoms. The molecule has 1 aromatic rings. The Labute approximate surface area is 147 Å². The number of rotatable bonds is 4. The molecule has 0 unspecified atom stereocenters. The number of hydrogen-bond acceptors (Lipinski definition) is 6. The number of likely N-dealkylation sites (tertiary alicyclic amines) is 1. The normalized spacial score (nSPS) is 30.6. The summed E-state index contributed by atoms with van der Waals surface area (Å²) in [6.45, 7) is 3.44. The van der Waals surface area contributed by atoms with Crippen molar-refractivity contribution < 1.29 is 19.2 Å². The summed E-state index contributed by atoms with van der Waals surface area (Å²) in [6, 6.07) is 0.541. The zero-order chi connectivity index (χ0) is 17.9. The summed E-state index contributed by atoms with van der Waals surface area (Å²) < 4.78 is 0.862. The smallest absolute Gasteiger partial charge is 0.255 e. The minimum atomic E-state index is -1.32. The van der Waals surface area contributed by atoms with E-state index >= 15 is 0 Å². The van der Waals surface area contributed by atoms with Crippen LogP contribution in [0.3, 0.4) is 0 Å². The van der Waals surface area contributed by atoms with E-state index in [1.807, 2.05) is 0 Å². The van der Waals surface area contributed by atoms with Crippen molar-refractivity contribution in [3.63, 3.8) is 0 Å². The number of carbonyl (C=O) groups is 2. The molecule has 136 valence electrons. The first-order valence-electron chi connectivity index (χ1n) is 8.79. The van der Waals surface area contributed by atoms with Gasteiger partial charge in [0.2, 0.25) is 0 Å². The first kappa shape index (κ1) is 17.8. The zero-order valence-electron chi connectivity index (χ0n) is 14.5. The molecule has 2 N–H and O–H groups in total. The molecule has 0 atom stereocenters. The third kappa shape index (κ3) is 3.64. The van der Waals surface area contributed by atoms with E-state index in [-0.39, 0.29) is 5.56 Å². The van der Waals surface area contributed by atoms with Gasteiger partial charge in [-0.25, -0.2) is 9.97 Å². The summed E-state index contributed by atoms with van der Waals surface area (Å²) in [6.07, 6.45) is 7.02. The lowest BCUT2D eigenvalue weighted by Crippen LogP contribution is -2.69. The van der Waals surface area contributed by atoms with Gasteiger partial charge in [0.1, 0.15) is 6.33 Å². The van der Waals surface area contributed by atoms with Crippen LogP contribution in [0, 0.1) is 0 Å². The molecule has 25 heavy (non-hydrogen) atoms.